The number of nitrogens with zero attached hydrogens (tertiary/aromatic N) is 1. The van der Waals surface area contributed by atoms with E-state index < -0.39 is 5.97 Å². The van der Waals surface area contributed by atoms with E-state index in [0.29, 0.717) is 24.7 Å². The van der Waals surface area contributed by atoms with Crippen LogP contribution in [0.2, 0.25) is 0 Å². The number of benzene rings is 3. The summed E-state index contributed by atoms with van der Waals surface area (Å²) < 4.78 is 17.3. The zero-order valence-corrected chi connectivity index (χ0v) is 20.0. The largest absolute Gasteiger partial charge is 0.493 e. The van der Waals surface area contributed by atoms with Crippen molar-refractivity contribution in [2.75, 3.05) is 13.2 Å². The number of rotatable bonds is 11. The van der Waals surface area contributed by atoms with E-state index in [1.165, 1.54) is 5.56 Å². The number of aliphatic carboxylic acids is 1. The molecule has 0 aliphatic carbocycles. The Morgan fingerprint density at radius 1 is 0.914 bits per heavy atom. The van der Waals surface area contributed by atoms with Crippen molar-refractivity contribution in [1.82, 2.24) is 4.98 Å². The van der Waals surface area contributed by atoms with Gasteiger partial charge < -0.3 is 19.0 Å². The fourth-order valence-electron chi connectivity index (χ4n) is 3.87. The van der Waals surface area contributed by atoms with Crippen molar-refractivity contribution in [2.24, 2.45) is 0 Å². The van der Waals surface area contributed by atoms with E-state index in [-0.39, 0.29) is 6.61 Å². The van der Waals surface area contributed by atoms with Crippen molar-refractivity contribution in [1.29, 1.82) is 0 Å². The molecular weight excluding hydrogens is 442 g/mol. The Balaban J connectivity index is 1.39. The smallest absolute Gasteiger partial charge is 0.341 e. The molecule has 0 amide bonds. The van der Waals surface area contributed by atoms with Crippen LogP contribution < -0.4 is 9.47 Å². The number of hydrogen-bond acceptors (Lipinski definition) is 5. The molecule has 0 fully saturated rings. The molecule has 3 aromatic carbocycles. The summed E-state index contributed by atoms with van der Waals surface area (Å²) in [6.45, 7) is 4.09. The van der Waals surface area contributed by atoms with Crippen LogP contribution in [0.3, 0.4) is 0 Å². The predicted molar refractivity (Wildman–Crippen MR) is 135 cm³/mol. The second-order valence-electron chi connectivity index (χ2n) is 8.27. The number of hydrogen-bond donors (Lipinski definition) is 1. The summed E-state index contributed by atoms with van der Waals surface area (Å²) in [5.74, 6) is 1.67. The van der Waals surface area contributed by atoms with E-state index in [0.717, 1.165) is 46.7 Å². The van der Waals surface area contributed by atoms with Crippen molar-refractivity contribution >= 4 is 5.97 Å². The maximum atomic E-state index is 10.8. The van der Waals surface area contributed by atoms with Crippen LogP contribution in [-0.2, 0) is 17.6 Å². The van der Waals surface area contributed by atoms with Gasteiger partial charge in [-0.25, -0.2) is 9.78 Å². The first-order valence-electron chi connectivity index (χ1n) is 11.8. The van der Waals surface area contributed by atoms with E-state index in [9.17, 15) is 4.79 Å². The fraction of sp³-hybridized carbons (Fsp3) is 0.241. The van der Waals surface area contributed by atoms with Crippen molar-refractivity contribution < 1.29 is 23.8 Å². The Labute approximate surface area is 205 Å². The molecule has 0 bridgehead atoms. The molecule has 4 aromatic rings. The molecule has 0 unspecified atom stereocenters. The maximum absolute atomic E-state index is 10.8. The standard InChI is InChI=1S/C29H29NO5/c1-3-7-24-18-25(34-19-28(31)32)14-15-27(24)33-17-16-26-20(2)35-29(30-26)23-12-10-22(11-13-23)21-8-5-4-6-9-21/h4-6,8-15,18H,3,7,16-17,19H2,1-2H3,(H,31,32). The Morgan fingerprint density at radius 3 is 2.34 bits per heavy atom. The van der Waals surface area contributed by atoms with Crippen LogP contribution in [0.15, 0.2) is 77.2 Å². The zero-order valence-electron chi connectivity index (χ0n) is 20.0. The highest BCUT2D eigenvalue weighted by atomic mass is 16.5. The van der Waals surface area contributed by atoms with E-state index in [2.05, 4.69) is 31.2 Å². The van der Waals surface area contributed by atoms with E-state index in [4.69, 9.17) is 24.0 Å². The molecular formula is C29H29NO5. The van der Waals surface area contributed by atoms with Crippen LogP contribution in [0.5, 0.6) is 11.5 Å². The lowest BCUT2D eigenvalue weighted by Gasteiger charge is -2.13. The third-order valence-electron chi connectivity index (χ3n) is 5.64. The molecule has 0 spiro atoms. The Hall–Kier alpha value is -4.06. The van der Waals surface area contributed by atoms with Gasteiger partial charge in [-0.05, 0) is 60.4 Å². The van der Waals surface area contributed by atoms with Gasteiger partial charge in [-0.15, -0.1) is 0 Å². The maximum Gasteiger partial charge on any atom is 0.341 e. The Morgan fingerprint density at radius 2 is 1.63 bits per heavy atom. The van der Waals surface area contributed by atoms with Gasteiger partial charge in [0.2, 0.25) is 5.89 Å². The highest BCUT2D eigenvalue weighted by Gasteiger charge is 2.13. The second kappa shape index (κ2) is 11.4. The first-order chi connectivity index (χ1) is 17.0. The molecule has 6 nitrogen and oxygen atoms in total. The predicted octanol–water partition coefficient (Wildman–Crippen LogP) is 6.35. The fourth-order valence-corrected chi connectivity index (χ4v) is 3.87. The van der Waals surface area contributed by atoms with Gasteiger partial charge in [-0.3, -0.25) is 0 Å². The molecule has 0 saturated heterocycles. The Bertz CT molecular complexity index is 1260. The van der Waals surface area contributed by atoms with Crippen LogP contribution in [0, 0.1) is 6.92 Å². The molecule has 0 atom stereocenters. The SMILES string of the molecule is CCCc1cc(OCC(=O)O)ccc1OCCc1nc(-c2ccc(-c3ccccc3)cc2)oc1C. The molecule has 0 aliphatic rings. The lowest BCUT2D eigenvalue weighted by atomic mass is 10.0. The van der Waals surface area contributed by atoms with Gasteiger partial charge in [0, 0.05) is 12.0 Å². The molecule has 4 rings (SSSR count). The van der Waals surface area contributed by atoms with Gasteiger partial charge >= 0.3 is 5.97 Å². The molecule has 180 valence electrons. The number of carboxylic acids is 1. The Kier molecular flexibility index (Phi) is 7.83. The molecule has 1 heterocycles. The normalized spacial score (nSPS) is 10.8. The summed E-state index contributed by atoms with van der Waals surface area (Å²) in [7, 11) is 0. The minimum absolute atomic E-state index is 0.367. The van der Waals surface area contributed by atoms with Crippen LogP contribution in [0.1, 0.15) is 30.4 Å². The van der Waals surface area contributed by atoms with Gasteiger partial charge in [-0.1, -0.05) is 55.8 Å². The lowest BCUT2D eigenvalue weighted by molar-refractivity contribution is -0.139. The van der Waals surface area contributed by atoms with Crippen LogP contribution in [0.25, 0.3) is 22.6 Å². The summed E-state index contributed by atoms with van der Waals surface area (Å²) >= 11 is 0. The molecule has 0 aliphatic heterocycles. The molecule has 0 saturated carbocycles. The van der Waals surface area contributed by atoms with Crippen LogP contribution in [0.4, 0.5) is 0 Å². The monoisotopic (exact) mass is 471 g/mol. The highest BCUT2D eigenvalue weighted by Crippen LogP contribution is 2.28. The van der Waals surface area contributed by atoms with Crippen LogP contribution in [-0.4, -0.2) is 29.3 Å². The number of aryl methyl sites for hydroxylation is 2. The minimum atomic E-state index is -1.00. The van der Waals surface area contributed by atoms with E-state index >= 15 is 0 Å². The number of ether oxygens (including phenoxy) is 2. The number of oxazole rings is 1. The van der Waals surface area contributed by atoms with Crippen molar-refractivity contribution in [3.8, 4) is 34.1 Å². The summed E-state index contributed by atoms with van der Waals surface area (Å²) in [6.07, 6.45) is 2.36. The summed E-state index contributed by atoms with van der Waals surface area (Å²) in [6, 6.07) is 23.9. The van der Waals surface area contributed by atoms with Crippen molar-refractivity contribution in [3.05, 3.63) is 89.8 Å². The average Bonchev–Trinajstić information content (AvgIpc) is 3.25. The topological polar surface area (TPSA) is 81.8 Å². The lowest BCUT2D eigenvalue weighted by Crippen LogP contribution is -2.10. The molecule has 6 heteroatoms. The molecule has 0 radical (unpaired) electrons. The molecule has 1 N–H and O–H groups in total. The van der Waals surface area contributed by atoms with E-state index in [1.807, 2.05) is 49.4 Å². The van der Waals surface area contributed by atoms with Gasteiger partial charge in [0.05, 0.1) is 12.3 Å². The molecule has 1 aromatic heterocycles. The summed E-state index contributed by atoms with van der Waals surface area (Å²) in [5, 5.41) is 8.82. The highest BCUT2D eigenvalue weighted by molar-refractivity contribution is 5.68. The zero-order chi connectivity index (χ0) is 24.6. The van der Waals surface area contributed by atoms with Gasteiger partial charge in [0.1, 0.15) is 17.3 Å². The van der Waals surface area contributed by atoms with E-state index in [1.54, 1.807) is 6.07 Å². The second-order valence-corrected chi connectivity index (χ2v) is 8.27. The molecule has 35 heavy (non-hydrogen) atoms. The van der Waals surface area contributed by atoms with Crippen LogP contribution >= 0.6 is 0 Å². The van der Waals surface area contributed by atoms with Crippen molar-refractivity contribution in [3.63, 3.8) is 0 Å². The van der Waals surface area contributed by atoms with Gasteiger partial charge in [0.15, 0.2) is 6.61 Å². The van der Waals surface area contributed by atoms with Gasteiger partial charge in [0.25, 0.3) is 0 Å². The summed E-state index contributed by atoms with van der Waals surface area (Å²) in [4.78, 5) is 15.5. The van der Waals surface area contributed by atoms with Gasteiger partial charge in [-0.2, -0.15) is 0 Å². The number of carboxylic acid groups (broad SMARTS) is 1. The average molecular weight is 472 g/mol. The first-order valence-corrected chi connectivity index (χ1v) is 11.8. The third kappa shape index (κ3) is 6.29. The summed E-state index contributed by atoms with van der Waals surface area (Å²) in [5.41, 5.74) is 5.11. The number of aromatic nitrogens is 1. The first kappa shape index (κ1) is 24.1. The van der Waals surface area contributed by atoms with Crippen molar-refractivity contribution in [2.45, 2.75) is 33.1 Å². The third-order valence-corrected chi connectivity index (χ3v) is 5.64. The quantitative estimate of drug-likeness (QED) is 0.274. The number of carbonyl (C=O) groups is 1. The minimum Gasteiger partial charge on any atom is -0.493 e.